The fourth-order valence-electron chi connectivity index (χ4n) is 2.25. The van der Waals surface area contributed by atoms with Crippen molar-refractivity contribution in [1.29, 1.82) is 0 Å². The van der Waals surface area contributed by atoms with Crippen LogP contribution >= 0.6 is 0 Å². The van der Waals surface area contributed by atoms with Crippen molar-refractivity contribution in [2.75, 3.05) is 6.61 Å². The molecule has 0 bridgehead atoms. The lowest BCUT2D eigenvalue weighted by atomic mass is 9.92. The molecule has 2 heterocycles. The summed E-state index contributed by atoms with van der Waals surface area (Å²) < 4.78 is 7.56. The third-order valence-corrected chi connectivity index (χ3v) is 3.55. The Labute approximate surface area is 103 Å². The average molecular weight is 238 g/mol. The van der Waals surface area contributed by atoms with Gasteiger partial charge in [0.1, 0.15) is 0 Å². The third kappa shape index (κ3) is 2.69. The molecule has 17 heavy (non-hydrogen) atoms. The van der Waals surface area contributed by atoms with Crippen LogP contribution in [0.25, 0.3) is 0 Å². The van der Waals surface area contributed by atoms with E-state index < -0.39 is 6.10 Å². The maximum atomic E-state index is 10.2. The number of aliphatic hydroxyl groups excluding tert-OH is 1. The van der Waals surface area contributed by atoms with Crippen molar-refractivity contribution in [3.63, 3.8) is 0 Å². The Kier molecular flexibility index (Phi) is 3.54. The molecule has 2 rings (SSSR count). The number of hydrogen-bond acceptors (Lipinski definition) is 3. The van der Waals surface area contributed by atoms with Crippen LogP contribution in [0.2, 0.25) is 0 Å². The van der Waals surface area contributed by atoms with Crippen molar-refractivity contribution in [1.82, 2.24) is 9.78 Å². The van der Waals surface area contributed by atoms with Gasteiger partial charge in [-0.3, -0.25) is 4.68 Å². The van der Waals surface area contributed by atoms with Gasteiger partial charge < -0.3 is 9.84 Å². The highest BCUT2D eigenvalue weighted by molar-refractivity contribution is 5.04. The summed E-state index contributed by atoms with van der Waals surface area (Å²) in [5, 5.41) is 14.7. The Morgan fingerprint density at radius 1 is 1.59 bits per heavy atom. The Morgan fingerprint density at radius 2 is 2.35 bits per heavy atom. The third-order valence-electron chi connectivity index (χ3n) is 3.55. The van der Waals surface area contributed by atoms with Gasteiger partial charge >= 0.3 is 0 Å². The minimum Gasteiger partial charge on any atom is -0.390 e. The second-order valence-corrected chi connectivity index (χ2v) is 5.37. The lowest BCUT2D eigenvalue weighted by molar-refractivity contribution is -0.0771. The predicted octanol–water partition coefficient (Wildman–Crippen LogP) is 1.94. The SMILES string of the molecule is CC(C)n1ccc(CC(O)C2(C)CCCO2)n1. The summed E-state index contributed by atoms with van der Waals surface area (Å²) in [6.45, 7) is 6.93. The maximum absolute atomic E-state index is 10.2. The van der Waals surface area contributed by atoms with Crippen LogP contribution in [0, 0.1) is 0 Å². The molecule has 1 aromatic rings. The number of ether oxygens (including phenoxy) is 1. The van der Waals surface area contributed by atoms with E-state index in [1.807, 2.05) is 23.9 Å². The van der Waals surface area contributed by atoms with E-state index in [2.05, 4.69) is 18.9 Å². The molecule has 1 aliphatic rings. The van der Waals surface area contributed by atoms with Crippen molar-refractivity contribution in [2.45, 2.75) is 57.8 Å². The maximum Gasteiger partial charge on any atom is 0.0916 e. The molecule has 1 saturated heterocycles. The number of aromatic nitrogens is 2. The standard InChI is InChI=1S/C13H22N2O2/c1-10(2)15-7-5-11(14-15)9-12(16)13(3)6-4-8-17-13/h5,7,10,12,16H,4,6,8-9H2,1-3H3. The summed E-state index contributed by atoms with van der Waals surface area (Å²) in [6.07, 6.45) is 4.02. The van der Waals surface area contributed by atoms with Gasteiger partial charge in [-0.2, -0.15) is 5.10 Å². The van der Waals surface area contributed by atoms with E-state index in [1.165, 1.54) is 0 Å². The van der Waals surface area contributed by atoms with Gasteiger partial charge in [-0.1, -0.05) is 0 Å². The average Bonchev–Trinajstić information content (AvgIpc) is 2.88. The van der Waals surface area contributed by atoms with Gasteiger partial charge in [0, 0.05) is 25.3 Å². The van der Waals surface area contributed by atoms with Crippen LogP contribution in [0.15, 0.2) is 12.3 Å². The Bertz CT molecular complexity index is 367. The van der Waals surface area contributed by atoms with Crippen LogP contribution in [0.3, 0.4) is 0 Å². The molecule has 0 aliphatic carbocycles. The van der Waals surface area contributed by atoms with Gasteiger partial charge in [-0.15, -0.1) is 0 Å². The van der Waals surface area contributed by atoms with Gasteiger partial charge in [0.05, 0.1) is 17.4 Å². The first-order valence-electron chi connectivity index (χ1n) is 6.37. The fourth-order valence-corrected chi connectivity index (χ4v) is 2.25. The summed E-state index contributed by atoms with van der Waals surface area (Å²) in [7, 11) is 0. The highest BCUT2D eigenvalue weighted by Crippen LogP contribution is 2.30. The van der Waals surface area contributed by atoms with E-state index in [-0.39, 0.29) is 5.60 Å². The smallest absolute Gasteiger partial charge is 0.0916 e. The summed E-state index contributed by atoms with van der Waals surface area (Å²) in [6, 6.07) is 2.33. The van der Waals surface area contributed by atoms with E-state index in [0.717, 1.165) is 25.1 Å². The van der Waals surface area contributed by atoms with Crippen molar-refractivity contribution in [2.24, 2.45) is 0 Å². The quantitative estimate of drug-likeness (QED) is 0.872. The molecule has 1 aliphatic heterocycles. The highest BCUT2D eigenvalue weighted by atomic mass is 16.5. The van der Waals surface area contributed by atoms with Gasteiger partial charge in [-0.25, -0.2) is 0 Å². The second kappa shape index (κ2) is 4.78. The monoisotopic (exact) mass is 238 g/mol. The molecule has 4 nitrogen and oxygen atoms in total. The lowest BCUT2D eigenvalue weighted by Crippen LogP contribution is -2.40. The van der Waals surface area contributed by atoms with Gasteiger partial charge in [0.25, 0.3) is 0 Å². The molecule has 96 valence electrons. The lowest BCUT2D eigenvalue weighted by Gasteiger charge is -2.28. The van der Waals surface area contributed by atoms with Gasteiger partial charge in [0.15, 0.2) is 0 Å². The fraction of sp³-hybridized carbons (Fsp3) is 0.769. The van der Waals surface area contributed by atoms with Crippen LogP contribution in [-0.2, 0) is 11.2 Å². The molecule has 0 aromatic carbocycles. The summed E-state index contributed by atoms with van der Waals surface area (Å²) in [5.74, 6) is 0. The van der Waals surface area contributed by atoms with Crippen LogP contribution in [-0.4, -0.2) is 33.2 Å². The molecule has 1 fully saturated rings. The van der Waals surface area contributed by atoms with Gasteiger partial charge in [-0.05, 0) is 39.7 Å². The zero-order valence-corrected chi connectivity index (χ0v) is 10.9. The topological polar surface area (TPSA) is 47.3 Å². The molecule has 0 amide bonds. The second-order valence-electron chi connectivity index (χ2n) is 5.37. The number of aliphatic hydroxyl groups is 1. The minimum absolute atomic E-state index is 0.360. The largest absolute Gasteiger partial charge is 0.390 e. The first kappa shape index (κ1) is 12.6. The van der Waals surface area contributed by atoms with Crippen LogP contribution in [0.5, 0.6) is 0 Å². The Morgan fingerprint density at radius 3 is 2.88 bits per heavy atom. The van der Waals surface area contributed by atoms with E-state index in [1.54, 1.807) is 0 Å². The van der Waals surface area contributed by atoms with Crippen LogP contribution in [0.4, 0.5) is 0 Å². The van der Waals surface area contributed by atoms with E-state index in [0.29, 0.717) is 12.5 Å². The number of nitrogens with zero attached hydrogens (tertiary/aromatic N) is 2. The molecular formula is C13H22N2O2. The van der Waals surface area contributed by atoms with E-state index >= 15 is 0 Å². The molecule has 4 heteroatoms. The van der Waals surface area contributed by atoms with E-state index in [9.17, 15) is 5.11 Å². The molecule has 0 spiro atoms. The molecule has 2 unspecified atom stereocenters. The molecule has 1 aromatic heterocycles. The summed E-state index contributed by atoms with van der Waals surface area (Å²) >= 11 is 0. The Balaban J connectivity index is 1.99. The van der Waals surface area contributed by atoms with Crippen molar-refractivity contribution >= 4 is 0 Å². The summed E-state index contributed by atoms with van der Waals surface area (Å²) in [4.78, 5) is 0. The van der Waals surface area contributed by atoms with Gasteiger partial charge in [0.2, 0.25) is 0 Å². The molecule has 1 N–H and O–H groups in total. The number of rotatable bonds is 4. The first-order chi connectivity index (χ1) is 8.01. The normalized spacial score (nSPS) is 26.6. The van der Waals surface area contributed by atoms with E-state index in [4.69, 9.17) is 4.74 Å². The molecule has 0 radical (unpaired) electrons. The van der Waals surface area contributed by atoms with Crippen molar-refractivity contribution < 1.29 is 9.84 Å². The first-order valence-corrected chi connectivity index (χ1v) is 6.37. The molecular weight excluding hydrogens is 216 g/mol. The van der Waals surface area contributed by atoms with Crippen LogP contribution < -0.4 is 0 Å². The zero-order valence-electron chi connectivity index (χ0n) is 10.9. The Hall–Kier alpha value is -0.870. The number of hydrogen-bond donors (Lipinski definition) is 1. The molecule has 0 saturated carbocycles. The summed E-state index contributed by atoms with van der Waals surface area (Å²) in [5.41, 5.74) is 0.546. The van der Waals surface area contributed by atoms with Crippen molar-refractivity contribution in [3.8, 4) is 0 Å². The minimum atomic E-state index is -0.472. The molecule has 2 atom stereocenters. The van der Waals surface area contributed by atoms with Crippen molar-refractivity contribution in [3.05, 3.63) is 18.0 Å². The highest BCUT2D eigenvalue weighted by Gasteiger charge is 2.37. The van der Waals surface area contributed by atoms with Crippen LogP contribution in [0.1, 0.15) is 45.3 Å². The zero-order chi connectivity index (χ0) is 12.5. The predicted molar refractivity (Wildman–Crippen MR) is 65.9 cm³/mol.